The first-order valence-corrected chi connectivity index (χ1v) is 5.71. The van der Waals surface area contributed by atoms with Gasteiger partial charge in [-0.05, 0) is 6.42 Å². The van der Waals surface area contributed by atoms with Crippen LogP contribution in [-0.4, -0.2) is 65.3 Å². The Balaban J connectivity index is 2.31. The molecule has 0 radical (unpaired) electrons. The summed E-state index contributed by atoms with van der Waals surface area (Å²) in [5.74, 6) is -1.54. The molecule has 0 aromatic heterocycles. The van der Waals surface area contributed by atoms with Gasteiger partial charge in [-0.3, -0.25) is 4.79 Å². The molecule has 1 heterocycles. The van der Waals surface area contributed by atoms with Crippen LogP contribution >= 0.6 is 0 Å². The van der Waals surface area contributed by atoms with E-state index in [1.165, 1.54) is 4.90 Å². The number of hydrogen-bond acceptors (Lipinski definition) is 4. The monoisotopic (exact) mass is 259 g/mol. The molecule has 0 unspecified atom stereocenters. The zero-order valence-electron chi connectivity index (χ0n) is 9.89. The van der Waals surface area contributed by atoms with Gasteiger partial charge < -0.3 is 25.7 Å². The number of carboxylic acids is 1. The minimum absolute atomic E-state index is 0.00663. The molecule has 1 aliphatic heterocycles. The lowest BCUT2D eigenvalue weighted by atomic mass is 10.2. The Hall–Kier alpha value is -1.83. The van der Waals surface area contributed by atoms with Crippen LogP contribution in [0, 0.1) is 0 Å². The number of hydrogen-bond donors (Lipinski definition) is 4. The van der Waals surface area contributed by atoms with Crippen LogP contribution in [0.15, 0.2) is 0 Å². The van der Waals surface area contributed by atoms with Gasteiger partial charge in [0.2, 0.25) is 5.91 Å². The molecule has 0 saturated carbocycles. The maximum absolute atomic E-state index is 11.7. The van der Waals surface area contributed by atoms with Gasteiger partial charge in [-0.1, -0.05) is 0 Å². The largest absolute Gasteiger partial charge is 0.479 e. The number of aliphatic hydroxyl groups is 1. The lowest BCUT2D eigenvalue weighted by molar-refractivity contribution is -0.146. The summed E-state index contributed by atoms with van der Waals surface area (Å²) in [7, 11) is 0. The first-order valence-electron chi connectivity index (χ1n) is 5.71. The Bertz CT molecular complexity index is 333. The average molecular weight is 259 g/mol. The van der Waals surface area contributed by atoms with Crippen LogP contribution in [0.25, 0.3) is 0 Å². The van der Waals surface area contributed by atoms with Crippen LogP contribution in [0.3, 0.4) is 0 Å². The summed E-state index contributed by atoms with van der Waals surface area (Å²) in [5, 5.41) is 22.6. The van der Waals surface area contributed by atoms with E-state index in [0.29, 0.717) is 19.5 Å². The summed E-state index contributed by atoms with van der Waals surface area (Å²) in [4.78, 5) is 34.6. The van der Waals surface area contributed by atoms with Crippen molar-refractivity contribution in [2.75, 3.05) is 26.2 Å². The summed E-state index contributed by atoms with van der Waals surface area (Å²) < 4.78 is 0. The molecule has 102 valence electrons. The Labute approximate surface area is 104 Å². The second-order valence-electron chi connectivity index (χ2n) is 4.00. The van der Waals surface area contributed by atoms with E-state index in [-0.39, 0.29) is 25.4 Å². The number of carbonyl (C=O) groups is 3. The van der Waals surface area contributed by atoms with Crippen molar-refractivity contribution in [3.8, 4) is 0 Å². The topological polar surface area (TPSA) is 119 Å². The van der Waals surface area contributed by atoms with Gasteiger partial charge in [0, 0.05) is 26.1 Å². The Morgan fingerprint density at radius 3 is 2.89 bits per heavy atom. The molecule has 4 N–H and O–H groups in total. The van der Waals surface area contributed by atoms with Gasteiger partial charge in [0.1, 0.15) is 6.54 Å². The second kappa shape index (κ2) is 6.80. The van der Waals surface area contributed by atoms with Gasteiger partial charge >= 0.3 is 12.0 Å². The van der Waals surface area contributed by atoms with Crippen molar-refractivity contribution in [1.82, 2.24) is 15.5 Å². The number of nitrogens with one attached hydrogen (secondary N) is 2. The van der Waals surface area contributed by atoms with Crippen molar-refractivity contribution in [1.29, 1.82) is 0 Å². The second-order valence-corrected chi connectivity index (χ2v) is 4.00. The standard InChI is InChI=1S/C10H17N3O5/c14-7(9(16)17)2-4-12-10(18)13-5-1-3-11-8(15)6-13/h7,14H,1-6H2,(H,11,15)(H,12,18)(H,16,17)/t7-/m0/s1. The van der Waals surface area contributed by atoms with Crippen molar-refractivity contribution in [2.45, 2.75) is 18.9 Å². The third-order valence-electron chi connectivity index (χ3n) is 2.53. The van der Waals surface area contributed by atoms with E-state index < -0.39 is 18.1 Å². The molecular weight excluding hydrogens is 242 g/mol. The van der Waals surface area contributed by atoms with Crippen molar-refractivity contribution in [3.63, 3.8) is 0 Å². The van der Waals surface area contributed by atoms with Crippen LogP contribution in [0.4, 0.5) is 4.79 Å². The lowest BCUT2D eigenvalue weighted by Gasteiger charge is -2.19. The summed E-state index contributed by atoms with van der Waals surface area (Å²) in [5.41, 5.74) is 0. The van der Waals surface area contributed by atoms with Gasteiger partial charge in [0.05, 0.1) is 0 Å². The van der Waals surface area contributed by atoms with Crippen LogP contribution < -0.4 is 10.6 Å². The maximum Gasteiger partial charge on any atom is 0.332 e. The summed E-state index contributed by atoms with van der Waals surface area (Å²) >= 11 is 0. The summed E-state index contributed by atoms with van der Waals surface area (Å²) in [6, 6.07) is -0.426. The van der Waals surface area contributed by atoms with Crippen molar-refractivity contribution < 1.29 is 24.6 Å². The lowest BCUT2D eigenvalue weighted by Crippen LogP contribution is -2.44. The number of urea groups is 1. The smallest absolute Gasteiger partial charge is 0.332 e. The summed E-state index contributed by atoms with van der Waals surface area (Å²) in [6.45, 7) is 1.05. The molecular formula is C10H17N3O5. The first kappa shape index (κ1) is 14.2. The van der Waals surface area contributed by atoms with E-state index in [4.69, 9.17) is 10.2 Å². The van der Waals surface area contributed by atoms with E-state index in [0.717, 1.165) is 0 Å². The Morgan fingerprint density at radius 2 is 2.22 bits per heavy atom. The number of rotatable bonds is 4. The first-order chi connectivity index (χ1) is 8.50. The highest BCUT2D eigenvalue weighted by molar-refractivity contribution is 5.84. The number of carbonyl (C=O) groups excluding carboxylic acids is 2. The van der Waals surface area contributed by atoms with E-state index >= 15 is 0 Å². The van der Waals surface area contributed by atoms with Crippen LogP contribution in [0.2, 0.25) is 0 Å². The van der Waals surface area contributed by atoms with Gasteiger partial charge in [0.25, 0.3) is 0 Å². The van der Waals surface area contributed by atoms with E-state index in [9.17, 15) is 14.4 Å². The SMILES string of the molecule is O=C1CN(C(=O)NCC[C@H](O)C(=O)O)CCCN1. The van der Waals surface area contributed by atoms with Crippen LogP contribution in [0.1, 0.15) is 12.8 Å². The maximum atomic E-state index is 11.7. The van der Waals surface area contributed by atoms with Crippen LogP contribution in [-0.2, 0) is 9.59 Å². The van der Waals surface area contributed by atoms with Gasteiger partial charge in [-0.25, -0.2) is 9.59 Å². The van der Waals surface area contributed by atoms with Gasteiger partial charge in [-0.15, -0.1) is 0 Å². The highest BCUT2D eigenvalue weighted by Gasteiger charge is 2.20. The predicted molar refractivity (Wildman–Crippen MR) is 60.9 cm³/mol. The highest BCUT2D eigenvalue weighted by atomic mass is 16.4. The molecule has 1 aliphatic rings. The molecule has 0 spiro atoms. The van der Waals surface area contributed by atoms with Gasteiger partial charge in [-0.2, -0.15) is 0 Å². The number of carboxylic acid groups (broad SMARTS) is 1. The predicted octanol–water partition coefficient (Wildman–Crippen LogP) is -1.65. The van der Waals surface area contributed by atoms with E-state index in [1.54, 1.807) is 0 Å². The number of nitrogens with zero attached hydrogens (tertiary/aromatic N) is 1. The molecule has 0 bridgehead atoms. The number of aliphatic hydroxyl groups excluding tert-OH is 1. The van der Waals surface area contributed by atoms with E-state index in [2.05, 4.69) is 10.6 Å². The Morgan fingerprint density at radius 1 is 1.50 bits per heavy atom. The van der Waals surface area contributed by atoms with Crippen molar-refractivity contribution >= 4 is 17.9 Å². The molecule has 1 fully saturated rings. The molecule has 1 rings (SSSR count). The van der Waals surface area contributed by atoms with Crippen molar-refractivity contribution in [3.05, 3.63) is 0 Å². The third-order valence-corrected chi connectivity index (χ3v) is 2.53. The van der Waals surface area contributed by atoms with Crippen LogP contribution in [0.5, 0.6) is 0 Å². The molecule has 0 aliphatic carbocycles. The highest BCUT2D eigenvalue weighted by Crippen LogP contribution is 1.97. The normalized spacial score (nSPS) is 17.6. The van der Waals surface area contributed by atoms with Gasteiger partial charge in [0.15, 0.2) is 6.10 Å². The fourth-order valence-corrected chi connectivity index (χ4v) is 1.53. The van der Waals surface area contributed by atoms with E-state index in [1.807, 2.05) is 0 Å². The fourth-order valence-electron chi connectivity index (χ4n) is 1.53. The fraction of sp³-hybridized carbons (Fsp3) is 0.700. The average Bonchev–Trinajstić information content (AvgIpc) is 2.53. The molecule has 18 heavy (non-hydrogen) atoms. The molecule has 0 aromatic carbocycles. The number of aliphatic carboxylic acids is 1. The quantitative estimate of drug-likeness (QED) is 0.482. The molecule has 0 aromatic rings. The minimum Gasteiger partial charge on any atom is -0.479 e. The summed E-state index contributed by atoms with van der Waals surface area (Å²) in [6.07, 6.45) is -0.879. The molecule has 3 amide bonds. The zero-order chi connectivity index (χ0) is 13.5. The Kier molecular flexibility index (Phi) is 5.37. The molecule has 1 atom stereocenters. The number of amides is 3. The molecule has 1 saturated heterocycles. The zero-order valence-corrected chi connectivity index (χ0v) is 9.89. The van der Waals surface area contributed by atoms with Crippen molar-refractivity contribution in [2.24, 2.45) is 0 Å². The third kappa shape index (κ3) is 4.58. The minimum atomic E-state index is -1.49. The molecule has 8 heteroatoms. The molecule has 8 nitrogen and oxygen atoms in total.